The number of benzene rings is 2. The van der Waals surface area contributed by atoms with Crippen molar-refractivity contribution in [1.29, 1.82) is 0 Å². The predicted octanol–water partition coefficient (Wildman–Crippen LogP) is 2.93. The zero-order valence-corrected chi connectivity index (χ0v) is 13.5. The second kappa shape index (κ2) is 5.50. The van der Waals surface area contributed by atoms with Crippen LogP contribution in [0.5, 0.6) is 0 Å². The molecule has 0 bridgehead atoms. The summed E-state index contributed by atoms with van der Waals surface area (Å²) in [5.41, 5.74) is 14.8. The number of nitrogens with zero attached hydrogens (tertiary/aromatic N) is 3. The lowest BCUT2D eigenvalue weighted by Gasteiger charge is -2.20. The maximum atomic E-state index is 6.51. The number of H-pyrrole nitrogens is 1. The minimum atomic E-state index is 0.664. The average Bonchev–Trinajstić information content (AvgIpc) is 3.04. The van der Waals surface area contributed by atoms with Gasteiger partial charge in [0.1, 0.15) is 5.82 Å². The summed E-state index contributed by atoms with van der Waals surface area (Å²) in [7, 11) is 3.81. The molecule has 2 aromatic heterocycles. The van der Waals surface area contributed by atoms with E-state index in [1.54, 1.807) is 6.20 Å². The quantitative estimate of drug-likeness (QED) is 0.506. The van der Waals surface area contributed by atoms with Gasteiger partial charge in [-0.15, -0.1) is 0 Å². The summed E-state index contributed by atoms with van der Waals surface area (Å²) in [4.78, 5) is 12.5. The fourth-order valence-electron chi connectivity index (χ4n) is 2.92. The van der Waals surface area contributed by atoms with Crippen molar-refractivity contribution in [3.05, 3.63) is 48.7 Å². The number of anilines is 2. The van der Waals surface area contributed by atoms with Crippen LogP contribution in [0.2, 0.25) is 0 Å². The molecule has 0 spiro atoms. The highest BCUT2D eigenvalue weighted by atomic mass is 15.5. The van der Waals surface area contributed by atoms with Gasteiger partial charge >= 0.3 is 0 Å². The highest BCUT2D eigenvalue weighted by Gasteiger charge is 2.15. The Bertz CT molecular complexity index is 1000. The lowest BCUT2D eigenvalue weighted by molar-refractivity contribution is 0.795. The third-order valence-electron chi connectivity index (χ3n) is 4.25. The molecule has 0 saturated heterocycles. The van der Waals surface area contributed by atoms with Gasteiger partial charge in [0, 0.05) is 25.7 Å². The normalized spacial score (nSPS) is 11.2. The number of aromatic amines is 1. The van der Waals surface area contributed by atoms with E-state index in [1.807, 2.05) is 61.6 Å². The number of nitrogen functional groups attached to an aromatic ring is 1. The van der Waals surface area contributed by atoms with Crippen molar-refractivity contribution in [1.82, 2.24) is 20.4 Å². The van der Waals surface area contributed by atoms with Gasteiger partial charge in [0.05, 0.1) is 33.5 Å². The molecular formula is C18H18N6. The van der Waals surface area contributed by atoms with Gasteiger partial charge in [0.15, 0.2) is 0 Å². The summed E-state index contributed by atoms with van der Waals surface area (Å²) in [6, 6.07) is 13.9. The molecule has 6 nitrogen and oxygen atoms in total. The number of imidazole rings is 1. The third kappa shape index (κ3) is 2.16. The van der Waals surface area contributed by atoms with Crippen LogP contribution in [0.4, 0.5) is 11.4 Å². The van der Waals surface area contributed by atoms with Gasteiger partial charge in [-0.05, 0) is 24.3 Å². The van der Waals surface area contributed by atoms with E-state index in [4.69, 9.17) is 5.73 Å². The van der Waals surface area contributed by atoms with E-state index in [1.165, 1.54) is 0 Å². The van der Waals surface area contributed by atoms with Crippen LogP contribution in [0.3, 0.4) is 0 Å². The SMILES string of the molecule is CNN(C)c1cccc2ncc(-c3nc4ccccc4[nH]3)c(N)c12. The number of hydrogen-bond acceptors (Lipinski definition) is 5. The predicted molar refractivity (Wildman–Crippen MR) is 98.7 cm³/mol. The molecular weight excluding hydrogens is 300 g/mol. The molecule has 2 aromatic carbocycles. The number of pyridine rings is 1. The van der Waals surface area contributed by atoms with Crippen LogP contribution in [0, 0.1) is 0 Å². The molecule has 2 heterocycles. The standard InChI is InChI=1S/C18H18N6/c1-20-24(2)15-9-5-8-14-16(15)17(19)11(10-21-14)18-22-12-6-3-4-7-13(12)23-18/h3-10,20H,1-2H3,(H2,19,21)(H,22,23). The first-order valence-corrected chi connectivity index (χ1v) is 7.72. The molecule has 0 radical (unpaired) electrons. The molecule has 120 valence electrons. The summed E-state index contributed by atoms with van der Waals surface area (Å²) < 4.78 is 0. The number of hydrogen-bond donors (Lipinski definition) is 3. The maximum Gasteiger partial charge on any atom is 0.142 e. The van der Waals surface area contributed by atoms with Crippen molar-refractivity contribution < 1.29 is 0 Å². The van der Waals surface area contributed by atoms with Crippen molar-refractivity contribution >= 4 is 33.3 Å². The van der Waals surface area contributed by atoms with E-state index in [-0.39, 0.29) is 0 Å². The van der Waals surface area contributed by atoms with Crippen LogP contribution in [0.15, 0.2) is 48.7 Å². The van der Waals surface area contributed by atoms with Crippen LogP contribution >= 0.6 is 0 Å². The van der Waals surface area contributed by atoms with Gasteiger partial charge in [0.2, 0.25) is 0 Å². The molecule has 0 atom stereocenters. The van der Waals surface area contributed by atoms with E-state index >= 15 is 0 Å². The zero-order chi connectivity index (χ0) is 16.7. The molecule has 4 N–H and O–H groups in total. The fraction of sp³-hybridized carbons (Fsp3) is 0.111. The van der Waals surface area contributed by atoms with Crippen molar-refractivity contribution in [2.45, 2.75) is 0 Å². The number of para-hydroxylation sites is 2. The van der Waals surface area contributed by atoms with Gasteiger partial charge in [-0.3, -0.25) is 4.98 Å². The molecule has 0 unspecified atom stereocenters. The minimum Gasteiger partial charge on any atom is -0.397 e. The van der Waals surface area contributed by atoms with Gasteiger partial charge in [-0.25, -0.2) is 10.4 Å². The van der Waals surface area contributed by atoms with Gasteiger partial charge in [0.25, 0.3) is 0 Å². The smallest absolute Gasteiger partial charge is 0.142 e. The Morgan fingerprint density at radius 2 is 1.88 bits per heavy atom. The number of nitrogens with two attached hydrogens (primary N) is 1. The monoisotopic (exact) mass is 318 g/mol. The summed E-state index contributed by atoms with van der Waals surface area (Å²) in [5.74, 6) is 0.727. The minimum absolute atomic E-state index is 0.664. The fourth-order valence-corrected chi connectivity index (χ4v) is 2.92. The maximum absolute atomic E-state index is 6.51. The zero-order valence-electron chi connectivity index (χ0n) is 13.5. The highest BCUT2D eigenvalue weighted by molar-refractivity contribution is 6.05. The largest absolute Gasteiger partial charge is 0.397 e. The van der Waals surface area contributed by atoms with Gasteiger partial charge in [-0.1, -0.05) is 18.2 Å². The third-order valence-corrected chi connectivity index (χ3v) is 4.25. The van der Waals surface area contributed by atoms with Crippen molar-refractivity contribution in [2.24, 2.45) is 0 Å². The van der Waals surface area contributed by atoms with Crippen LogP contribution in [-0.2, 0) is 0 Å². The van der Waals surface area contributed by atoms with Gasteiger partial charge in [-0.2, -0.15) is 0 Å². The first kappa shape index (κ1) is 14.5. The second-order valence-electron chi connectivity index (χ2n) is 5.64. The van der Waals surface area contributed by atoms with E-state index in [2.05, 4.69) is 20.4 Å². The number of nitrogens with one attached hydrogen (secondary N) is 2. The summed E-state index contributed by atoms with van der Waals surface area (Å²) >= 11 is 0. The van der Waals surface area contributed by atoms with Crippen LogP contribution < -0.4 is 16.2 Å². The number of rotatable bonds is 3. The molecule has 4 rings (SSSR count). The lowest BCUT2D eigenvalue weighted by Crippen LogP contribution is -2.30. The van der Waals surface area contributed by atoms with E-state index in [0.29, 0.717) is 5.69 Å². The Labute approximate surface area is 139 Å². The second-order valence-corrected chi connectivity index (χ2v) is 5.64. The molecule has 0 fully saturated rings. The Morgan fingerprint density at radius 1 is 1.08 bits per heavy atom. The molecule has 0 aliphatic heterocycles. The first-order valence-electron chi connectivity index (χ1n) is 7.72. The van der Waals surface area contributed by atoms with E-state index in [9.17, 15) is 0 Å². The Hall–Kier alpha value is -3.12. The Morgan fingerprint density at radius 3 is 2.67 bits per heavy atom. The van der Waals surface area contributed by atoms with Crippen LogP contribution in [0.1, 0.15) is 0 Å². The number of hydrazine groups is 1. The van der Waals surface area contributed by atoms with Crippen LogP contribution in [0.25, 0.3) is 33.3 Å². The van der Waals surface area contributed by atoms with Crippen molar-refractivity contribution in [2.75, 3.05) is 24.8 Å². The molecule has 0 saturated carbocycles. The summed E-state index contributed by atoms with van der Waals surface area (Å²) in [6.45, 7) is 0. The topological polar surface area (TPSA) is 82.9 Å². The molecule has 0 aliphatic carbocycles. The summed E-state index contributed by atoms with van der Waals surface area (Å²) in [6.07, 6.45) is 1.78. The van der Waals surface area contributed by atoms with Crippen molar-refractivity contribution in [3.63, 3.8) is 0 Å². The summed E-state index contributed by atoms with van der Waals surface area (Å²) in [5, 5.41) is 2.83. The Balaban J connectivity index is 1.98. The van der Waals surface area contributed by atoms with Crippen LogP contribution in [-0.4, -0.2) is 29.0 Å². The number of aromatic nitrogens is 3. The molecule has 6 heteroatoms. The van der Waals surface area contributed by atoms with Gasteiger partial charge < -0.3 is 15.7 Å². The average molecular weight is 318 g/mol. The van der Waals surface area contributed by atoms with Crippen molar-refractivity contribution in [3.8, 4) is 11.4 Å². The first-order chi connectivity index (χ1) is 11.7. The van der Waals surface area contributed by atoms with E-state index < -0.39 is 0 Å². The Kier molecular flexibility index (Phi) is 3.32. The molecule has 4 aromatic rings. The highest BCUT2D eigenvalue weighted by Crippen LogP contribution is 2.35. The number of fused-ring (bicyclic) bond motifs is 2. The molecule has 0 aliphatic rings. The van der Waals surface area contributed by atoms with E-state index in [0.717, 1.165) is 39.0 Å². The molecule has 0 amide bonds. The molecule has 24 heavy (non-hydrogen) atoms. The lowest BCUT2D eigenvalue weighted by atomic mass is 10.1.